The maximum atomic E-state index is 12.1. The second-order valence-electron chi connectivity index (χ2n) is 4.60. The van der Waals surface area contributed by atoms with Crippen molar-refractivity contribution in [2.45, 2.75) is 6.04 Å². The average Bonchev–Trinajstić information content (AvgIpc) is 2.77. The Morgan fingerprint density at radius 1 is 1.19 bits per heavy atom. The highest BCUT2D eigenvalue weighted by molar-refractivity contribution is 6.32. The van der Waals surface area contributed by atoms with Crippen LogP contribution in [0.15, 0.2) is 36.4 Å². The van der Waals surface area contributed by atoms with Gasteiger partial charge in [0.25, 0.3) is 5.91 Å². The number of nitriles is 1. The van der Waals surface area contributed by atoms with Crippen LogP contribution in [0, 0.1) is 11.3 Å². The van der Waals surface area contributed by atoms with E-state index >= 15 is 0 Å². The molecule has 0 aliphatic carbocycles. The van der Waals surface area contributed by atoms with E-state index in [9.17, 15) is 4.79 Å². The van der Waals surface area contributed by atoms with E-state index in [1.54, 1.807) is 36.4 Å². The third-order valence-electron chi connectivity index (χ3n) is 3.24. The van der Waals surface area contributed by atoms with Crippen molar-refractivity contribution in [3.8, 4) is 6.07 Å². The lowest BCUT2D eigenvalue weighted by Gasteiger charge is -2.13. The van der Waals surface area contributed by atoms with E-state index in [1.165, 1.54) is 0 Å². The van der Waals surface area contributed by atoms with Gasteiger partial charge in [-0.3, -0.25) is 4.79 Å². The average molecular weight is 318 g/mol. The first-order valence-corrected chi connectivity index (χ1v) is 6.90. The Hall–Kier alpha value is -2.22. The lowest BCUT2D eigenvalue weighted by atomic mass is 10.1. The molecule has 1 aliphatic rings. The quantitative estimate of drug-likeness (QED) is 0.880. The monoisotopic (exact) mass is 317 g/mol. The van der Waals surface area contributed by atoms with Gasteiger partial charge in [0.15, 0.2) is 0 Å². The Labute approximate surface area is 131 Å². The largest absolute Gasteiger partial charge is 0.370 e. The van der Waals surface area contributed by atoms with Crippen molar-refractivity contribution in [1.29, 1.82) is 5.26 Å². The highest BCUT2D eigenvalue weighted by Crippen LogP contribution is 2.35. The maximum Gasteiger partial charge on any atom is 0.251 e. The van der Waals surface area contributed by atoms with Gasteiger partial charge in [0, 0.05) is 22.0 Å². The van der Waals surface area contributed by atoms with Gasteiger partial charge >= 0.3 is 0 Å². The second kappa shape index (κ2) is 5.28. The topological polar surface area (TPSA) is 64.9 Å². The molecule has 104 valence electrons. The van der Waals surface area contributed by atoms with Crippen LogP contribution in [0.4, 0.5) is 11.4 Å². The predicted molar refractivity (Wildman–Crippen MR) is 82.6 cm³/mol. The van der Waals surface area contributed by atoms with Crippen LogP contribution < -0.4 is 10.6 Å². The van der Waals surface area contributed by atoms with Crippen molar-refractivity contribution in [2.75, 3.05) is 10.6 Å². The fourth-order valence-electron chi connectivity index (χ4n) is 2.24. The van der Waals surface area contributed by atoms with Crippen molar-refractivity contribution in [3.05, 3.63) is 57.6 Å². The number of benzene rings is 2. The molecule has 3 rings (SSSR count). The van der Waals surface area contributed by atoms with Gasteiger partial charge in [0.1, 0.15) is 12.1 Å². The van der Waals surface area contributed by atoms with E-state index in [0.717, 1.165) is 11.3 Å². The van der Waals surface area contributed by atoms with E-state index in [4.69, 9.17) is 28.5 Å². The van der Waals surface area contributed by atoms with Gasteiger partial charge in [-0.1, -0.05) is 23.2 Å². The molecule has 1 unspecified atom stereocenters. The number of carbonyl (C=O) groups excluding carboxylic acids is 1. The van der Waals surface area contributed by atoms with Crippen molar-refractivity contribution in [3.63, 3.8) is 0 Å². The highest BCUT2D eigenvalue weighted by Gasteiger charge is 2.30. The second-order valence-corrected chi connectivity index (χ2v) is 5.45. The molecular formula is C15H9Cl2N3O. The minimum Gasteiger partial charge on any atom is -0.370 e. The maximum absolute atomic E-state index is 12.1. The summed E-state index contributed by atoms with van der Waals surface area (Å²) in [6.07, 6.45) is 0. The smallest absolute Gasteiger partial charge is 0.251 e. The Morgan fingerprint density at radius 3 is 2.76 bits per heavy atom. The molecule has 0 saturated heterocycles. The molecule has 2 aromatic carbocycles. The molecule has 4 nitrogen and oxygen atoms in total. The van der Waals surface area contributed by atoms with Gasteiger partial charge < -0.3 is 10.6 Å². The zero-order valence-electron chi connectivity index (χ0n) is 10.7. The van der Waals surface area contributed by atoms with E-state index in [2.05, 4.69) is 10.6 Å². The van der Waals surface area contributed by atoms with Crippen LogP contribution in [-0.4, -0.2) is 5.91 Å². The zero-order valence-corrected chi connectivity index (χ0v) is 12.2. The fourth-order valence-corrected chi connectivity index (χ4v) is 2.58. The first kappa shape index (κ1) is 13.7. The van der Waals surface area contributed by atoms with E-state index in [1.807, 2.05) is 6.07 Å². The summed E-state index contributed by atoms with van der Waals surface area (Å²) in [6.45, 7) is 0. The normalized spacial score (nSPS) is 16.0. The molecule has 0 spiro atoms. The van der Waals surface area contributed by atoms with Gasteiger partial charge in [-0.15, -0.1) is 0 Å². The minimum atomic E-state index is -0.550. The van der Waals surface area contributed by atoms with Crippen molar-refractivity contribution < 1.29 is 4.79 Å². The molecule has 0 fully saturated rings. The highest BCUT2D eigenvalue weighted by atomic mass is 35.5. The summed E-state index contributed by atoms with van der Waals surface area (Å²) in [7, 11) is 0. The van der Waals surface area contributed by atoms with Gasteiger partial charge in [-0.25, -0.2) is 0 Å². The molecule has 1 atom stereocenters. The van der Waals surface area contributed by atoms with Crippen LogP contribution in [-0.2, 0) is 4.79 Å². The number of nitrogens with one attached hydrogen (secondary N) is 2. The number of fused-ring (bicyclic) bond motifs is 1. The number of halogens is 2. The fraction of sp³-hybridized carbons (Fsp3) is 0.0667. The molecule has 21 heavy (non-hydrogen) atoms. The van der Waals surface area contributed by atoms with Crippen LogP contribution in [0.1, 0.15) is 17.2 Å². The number of hydrogen-bond acceptors (Lipinski definition) is 3. The van der Waals surface area contributed by atoms with Crippen LogP contribution in [0.5, 0.6) is 0 Å². The molecule has 6 heteroatoms. The Morgan fingerprint density at radius 2 is 2.00 bits per heavy atom. The summed E-state index contributed by atoms with van der Waals surface area (Å²) >= 11 is 11.9. The van der Waals surface area contributed by atoms with Crippen LogP contribution in [0.2, 0.25) is 10.0 Å². The first-order chi connectivity index (χ1) is 10.1. The Balaban J connectivity index is 1.94. The summed E-state index contributed by atoms with van der Waals surface area (Å²) < 4.78 is 0. The number of nitrogens with zero attached hydrogens (tertiary/aromatic N) is 1. The van der Waals surface area contributed by atoms with E-state index < -0.39 is 6.04 Å². The van der Waals surface area contributed by atoms with Crippen molar-refractivity contribution >= 4 is 40.5 Å². The van der Waals surface area contributed by atoms with Gasteiger partial charge in [0.05, 0.1) is 10.6 Å². The van der Waals surface area contributed by atoms with Gasteiger partial charge in [0.2, 0.25) is 0 Å². The predicted octanol–water partition coefficient (Wildman–Crippen LogP) is 3.97. The molecule has 1 aliphatic heterocycles. The van der Waals surface area contributed by atoms with Crippen LogP contribution in [0.25, 0.3) is 0 Å². The summed E-state index contributed by atoms with van der Waals surface area (Å²) in [6, 6.07) is 11.6. The number of hydrogen-bond donors (Lipinski definition) is 2. The van der Waals surface area contributed by atoms with E-state index in [0.29, 0.717) is 21.3 Å². The lowest BCUT2D eigenvalue weighted by molar-refractivity contribution is -0.116. The SMILES string of the molecule is N#Cc1cc(NC2C(=O)Nc3ccc(Cl)cc32)ccc1Cl. The minimum absolute atomic E-state index is 0.166. The number of carbonyl (C=O) groups is 1. The molecule has 2 N–H and O–H groups in total. The third-order valence-corrected chi connectivity index (χ3v) is 3.81. The Bertz CT molecular complexity index is 783. The van der Waals surface area contributed by atoms with E-state index in [-0.39, 0.29) is 5.91 Å². The van der Waals surface area contributed by atoms with Gasteiger partial charge in [-0.2, -0.15) is 5.26 Å². The number of amides is 1. The molecule has 0 aromatic heterocycles. The molecule has 2 aromatic rings. The number of anilines is 2. The lowest BCUT2D eigenvalue weighted by Crippen LogP contribution is -2.19. The molecule has 0 bridgehead atoms. The Kier molecular flexibility index (Phi) is 3.46. The zero-order chi connectivity index (χ0) is 15.0. The molecule has 0 radical (unpaired) electrons. The van der Waals surface area contributed by atoms with Gasteiger partial charge in [-0.05, 0) is 36.4 Å². The first-order valence-electron chi connectivity index (χ1n) is 6.15. The summed E-state index contributed by atoms with van der Waals surface area (Å²) in [5.74, 6) is -0.166. The third kappa shape index (κ3) is 2.54. The molecule has 0 saturated carbocycles. The molecule has 1 amide bonds. The summed E-state index contributed by atoms with van der Waals surface area (Å²) in [4.78, 5) is 12.1. The number of rotatable bonds is 2. The molecular weight excluding hydrogens is 309 g/mol. The van der Waals surface area contributed by atoms with Crippen LogP contribution in [0.3, 0.4) is 0 Å². The van der Waals surface area contributed by atoms with Crippen molar-refractivity contribution in [1.82, 2.24) is 0 Å². The summed E-state index contributed by atoms with van der Waals surface area (Å²) in [5.41, 5.74) is 2.51. The summed E-state index contributed by atoms with van der Waals surface area (Å²) in [5, 5.41) is 15.8. The molecule has 1 heterocycles. The van der Waals surface area contributed by atoms with Crippen LogP contribution >= 0.6 is 23.2 Å². The van der Waals surface area contributed by atoms with Crippen molar-refractivity contribution in [2.24, 2.45) is 0 Å². The standard InChI is InChI=1S/C15H9Cl2N3O/c16-9-1-4-13-11(6-9)14(15(21)20-13)19-10-2-3-12(17)8(5-10)7-18/h1-6,14,19H,(H,20,21).